The van der Waals surface area contributed by atoms with Crippen molar-refractivity contribution in [2.24, 2.45) is 5.92 Å². The summed E-state index contributed by atoms with van der Waals surface area (Å²) in [5, 5.41) is 0. The topological polar surface area (TPSA) is 84.0 Å². The number of ketones is 1. The Labute approximate surface area is 193 Å². The minimum absolute atomic E-state index is 0.0528. The third-order valence-corrected chi connectivity index (χ3v) is 7.16. The van der Waals surface area contributed by atoms with E-state index in [1.165, 1.54) is 31.2 Å². The van der Waals surface area contributed by atoms with Crippen molar-refractivity contribution in [1.29, 1.82) is 0 Å². The Bertz CT molecular complexity index is 1190. The van der Waals surface area contributed by atoms with Crippen molar-refractivity contribution < 1.29 is 27.1 Å². The van der Waals surface area contributed by atoms with Crippen LogP contribution in [0.15, 0.2) is 41.3 Å². The Morgan fingerprint density at radius 3 is 2.30 bits per heavy atom. The first-order valence-corrected chi connectivity index (χ1v) is 12.8. The van der Waals surface area contributed by atoms with E-state index in [0.29, 0.717) is 50.1 Å². The Kier molecular flexibility index (Phi) is 6.43. The van der Waals surface area contributed by atoms with Crippen molar-refractivity contribution in [2.45, 2.75) is 24.7 Å². The van der Waals surface area contributed by atoms with E-state index < -0.39 is 15.7 Å². The first-order valence-electron chi connectivity index (χ1n) is 10.9. The van der Waals surface area contributed by atoms with Crippen LogP contribution in [0.3, 0.4) is 0 Å². The molecule has 7 nitrogen and oxygen atoms in total. The van der Waals surface area contributed by atoms with Crippen molar-refractivity contribution in [3.8, 4) is 5.75 Å². The van der Waals surface area contributed by atoms with Gasteiger partial charge < -0.3 is 14.5 Å². The average Bonchev–Trinajstić information content (AvgIpc) is 3.61. The number of hydrogen-bond acceptors (Lipinski definition) is 6. The van der Waals surface area contributed by atoms with E-state index in [2.05, 4.69) is 0 Å². The summed E-state index contributed by atoms with van der Waals surface area (Å²) in [4.78, 5) is 28.5. The second kappa shape index (κ2) is 9.13. The lowest BCUT2D eigenvalue weighted by atomic mass is 10.1. The highest BCUT2D eigenvalue weighted by molar-refractivity contribution is 7.90. The van der Waals surface area contributed by atoms with E-state index in [1.54, 1.807) is 17.0 Å². The first kappa shape index (κ1) is 23.2. The van der Waals surface area contributed by atoms with E-state index in [9.17, 15) is 22.4 Å². The number of carbonyl (C=O) groups is 2. The zero-order valence-corrected chi connectivity index (χ0v) is 19.5. The number of Topliss-reactive ketones (excluding diaryl/α,β-unsaturated/α-hetero) is 1. The number of ether oxygens (including phenoxy) is 1. The smallest absolute Gasteiger partial charge is 0.257 e. The van der Waals surface area contributed by atoms with E-state index in [0.717, 1.165) is 19.1 Å². The second-order valence-electron chi connectivity index (χ2n) is 8.68. The fourth-order valence-corrected chi connectivity index (χ4v) is 4.50. The Balaban J connectivity index is 1.49. The number of rotatable bonds is 7. The predicted molar refractivity (Wildman–Crippen MR) is 122 cm³/mol. The molecule has 0 atom stereocenters. The van der Waals surface area contributed by atoms with Crippen LogP contribution in [-0.2, 0) is 9.84 Å². The highest BCUT2D eigenvalue weighted by Gasteiger charge is 2.28. The molecule has 1 aliphatic carbocycles. The van der Waals surface area contributed by atoms with Gasteiger partial charge in [0.15, 0.2) is 15.6 Å². The highest BCUT2D eigenvalue weighted by atomic mass is 32.2. The molecule has 2 fully saturated rings. The van der Waals surface area contributed by atoms with Gasteiger partial charge in [-0.1, -0.05) is 0 Å². The Morgan fingerprint density at radius 2 is 1.73 bits per heavy atom. The van der Waals surface area contributed by atoms with Gasteiger partial charge in [-0.05, 0) is 62.1 Å². The minimum atomic E-state index is -3.48. The van der Waals surface area contributed by atoms with Crippen LogP contribution in [0, 0.1) is 11.7 Å². The third-order valence-electron chi connectivity index (χ3n) is 6.05. The number of benzene rings is 2. The number of sulfone groups is 1. The lowest BCUT2D eigenvalue weighted by molar-refractivity contribution is 0.0741. The van der Waals surface area contributed by atoms with Crippen LogP contribution in [0.5, 0.6) is 5.75 Å². The van der Waals surface area contributed by atoms with Crippen LogP contribution < -0.4 is 9.64 Å². The van der Waals surface area contributed by atoms with Crippen molar-refractivity contribution in [2.75, 3.05) is 43.9 Å². The molecule has 33 heavy (non-hydrogen) atoms. The minimum Gasteiger partial charge on any atom is -0.492 e. The summed E-state index contributed by atoms with van der Waals surface area (Å²) in [6.07, 6.45) is 3.30. The van der Waals surface area contributed by atoms with Gasteiger partial charge in [0.05, 0.1) is 22.6 Å². The van der Waals surface area contributed by atoms with E-state index in [4.69, 9.17) is 4.74 Å². The SMILES string of the molecule is CC(=O)c1ccc(N2CCN(C(=O)c3cc(S(C)(=O)=O)ccc3OCC3CC3)CC2)cc1F. The van der Waals surface area contributed by atoms with Crippen LogP contribution in [0.25, 0.3) is 0 Å². The molecular weight excluding hydrogens is 447 g/mol. The van der Waals surface area contributed by atoms with Crippen LogP contribution in [0.2, 0.25) is 0 Å². The quantitative estimate of drug-likeness (QED) is 0.573. The third kappa shape index (κ3) is 5.35. The number of hydrogen-bond donors (Lipinski definition) is 0. The summed E-state index contributed by atoms with van der Waals surface area (Å²) in [5.74, 6) is -0.299. The molecule has 176 valence electrons. The van der Waals surface area contributed by atoms with Crippen LogP contribution >= 0.6 is 0 Å². The summed E-state index contributed by atoms with van der Waals surface area (Å²) in [6.45, 7) is 3.57. The summed E-state index contributed by atoms with van der Waals surface area (Å²) in [5.41, 5.74) is 0.943. The number of piperazine rings is 1. The number of carbonyl (C=O) groups excluding carboxylic acids is 2. The maximum atomic E-state index is 14.2. The van der Waals surface area contributed by atoms with Crippen molar-refractivity contribution in [3.05, 3.63) is 53.3 Å². The number of amides is 1. The monoisotopic (exact) mass is 474 g/mol. The van der Waals surface area contributed by atoms with Gasteiger partial charge in [0.1, 0.15) is 11.6 Å². The first-order chi connectivity index (χ1) is 15.6. The van der Waals surface area contributed by atoms with Crippen LogP contribution in [0.4, 0.5) is 10.1 Å². The van der Waals surface area contributed by atoms with Crippen molar-refractivity contribution >= 4 is 27.2 Å². The predicted octanol–water partition coefficient (Wildman–Crippen LogP) is 3.18. The number of halogens is 1. The molecule has 2 aromatic carbocycles. The van der Waals surface area contributed by atoms with Crippen molar-refractivity contribution in [3.63, 3.8) is 0 Å². The molecule has 0 radical (unpaired) electrons. The molecular formula is C24H27FN2O5S. The van der Waals surface area contributed by atoms with Gasteiger partial charge in [-0.25, -0.2) is 12.8 Å². The van der Waals surface area contributed by atoms with Gasteiger partial charge in [-0.15, -0.1) is 0 Å². The molecule has 2 aromatic rings. The zero-order valence-electron chi connectivity index (χ0n) is 18.7. The summed E-state index contributed by atoms with van der Waals surface area (Å²) < 4.78 is 44.2. The second-order valence-corrected chi connectivity index (χ2v) is 10.7. The molecule has 1 saturated carbocycles. The van der Waals surface area contributed by atoms with Gasteiger partial charge in [0.2, 0.25) is 0 Å². The van der Waals surface area contributed by atoms with Crippen LogP contribution in [0.1, 0.15) is 40.5 Å². The van der Waals surface area contributed by atoms with Gasteiger partial charge in [0, 0.05) is 38.1 Å². The molecule has 1 saturated heterocycles. The molecule has 1 aliphatic heterocycles. The average molecular weight is 475 g/mol. The molecule has 2 aliphatic rings. The van der Waals surface area contributed by atoms with Crippen LogP contribution in [-0.4, -0.2) is 64.0 Å². The largest absolute Gasteiger partial charge is 0.492 e. The van der Waals surface area contributed by atoms with E-state index >= 15 is 0 Å². The molecule has 9 heteroatoms. The summed E-state index contributed by atoms with van der Waals surface area (Å²) in [6, 6.07) is 8.93. The number of anilines is 1. The fraction of sp³-hybridized carbons (Fsp3) is 0.417. The highest BCUT2D eigenvalue weighted by Crippen LogP contribution is 2.32. The molecule has 0 unspecified atom stereocenters. The lowest BCUT2D eigenvalue weighted by Gasteiger charge is -2.36. The molecule has 4 rings (SSSR count). The van der Waals surface area contributed by atoms with E-state index in [1.807, 2.05) is 4.90 Å². The normalized spacial score (nSPS) is 16.6. The van der Waals surface area contributed by atoms with Gasteiger partial charge in [-0.3, -0.25) is 9.59 Å². The summed E-state index contributed by atoms with van der Waals surface area (Å²) in [7, 11) is -3.48. The van der Waals surface area contributed by atoms with E-state index in [-0.39, 0.29) is 27.7 Å². The lowest BCUT2D eigenvalue weighted by Crippen LogP contribution is -2.49. The molecule has 1 heterocycles. The van der Waals surface area contributed by atoms with Gasteiger partial charge in [-0.2, -0.15) is 0 Å². The maximum absolute atomic E-state index is 14.2. The molecule has 1 amide bonds. The molecule has 0 bridgehead atoms. The molecule has 0 N–H and O–H groups in total. The van der Waals surface area contributed by atoms with Gasteiger partial charge in [0.25, 0.3) is 5.91 Å². The number of nitrogens with zero attached hydrogens (tertiary/aromatic N) is 2. The maximum Gasteiger partial charge on any atom is 0.257 e. The molecule has 0 spiro atoms. The van der Waals surface area contributed by atoms with Crippen molar-refractivity contribution in [1.82, 2.24) is 4.90 Å². The standard InChI is InChI=1S/C24H27FN2O5S/c1-16(28)20-7-5-18(13-22(20)25)26-9-11-27(12-10-26)24(29)21-14-19(33(2,30)31)6-8-23(21)32-15-17-3-4-17/h5-8,13-14,17H,3-4,9-12,15H2,1-2H3. The zero-order chi connectivity index (χ0) is 23.8. The molecule has 0 aromatic heterocycles. The summed E-state index contributed by atoms with van der Waals surface area (Å²) >= 11 is 0. The Morgan fingerprint density at radius 1 is 1.03 bits per heavy atom. The van der Waals surface area contributed by atoms with Gasteiger partial charge >= 0.3 is 0 Å². The Hall–Kier alpha value is -2.94. The fourth-order valence-electron chi connectivity index (χ4n) is 3.85.